The van der Waals surface area contributed by atoms with Crippen LogP contribution < -0.4 is 48.5 Å². The van der Waals surface area contributed by atoms with Crippen molar-refractivity contribution in [2.75, 3.05) is 68.0 Å². The average Bonchev–Trinajstić information content (AvgIpc) is 4.17. The van der Waals surface area contributed by atoms with Crippen molar-refractivity contribution >= 4 is 265 Å². The first-order valence-corrected chi connectivity index (χ1v) is 98.4. The van der Waals surface area contributed by atoms with Crippen LogP contribution in [0.5, 0.6) is 0 Å². The molecule has 0 amide bonds. The van der Waals surface area contributed by atoms with Crippen molar-refractivity contribution in [3.8, 4) is 0 Å². The fraction of sp³-hybridized carbons (Fsp3) is 0.833. The summed E-state index contributed by atoms with van der Waals surface area (Å²) >= 11 is 28.4. The summed E-state index contributed by atoms with van der Waals surface area (Å²) in [6.07, 6.45) is 24.9. The molecule has 11 rings (SSSR count). The van der Waals surface area contributed by atoms with Crippen molar-refractivity contribution < 1.29 is 41.4 Å². The number of Topliss-reactive ketones (excluding diaryl/α,β-unsaturated/α-hetero) is 1. The van der Waals surface area contributed by atoms with E-state index in [0.717, 1.165) is 74.7 Å². The molecule has 0 aromatic heterocycles. The monoisotopic (exact) mass is 2930 g/mol. The Morgan fingerprint density at radius 2 is 1.14 bits per heavy atom. The number of nitrogens with two attached hydrogens (primary N) is 1. The molecule has 0 aromatic rings. The number of hydrazine groups is 2. The number of likely N-dealkylation sites (N-methyl/N-ethyl adjacent to an activating group) is 1. The minimum absolute atomic E-state index is 0. The molecule has 4 saturated carbocycles. The molecule has 5 aliphatic heterocycles. The summed E-state index contributed by atoms with van der Waals surface area (Å²) in [7, 11) is 9.53. The van der Waals surface area contributed by atoms with Gasteiger partial charge in [-0.1, -0.05) is 43.9 Å². The zero-order valence-electron chi connectivity index (χ0n) is 40.7. The molecule has 10 bridgehead atoms. The van der Waals surface area contributed by atoms with Gasteiger partial charge < -0.3 is 29.7 Å². The molecule has 5 heterocycles. The second-order valence-electron chi connectivity index (χ2n) is 19.2. The van der Waals surface area contributed by atoms with Crippen molar-refractivity contribution in [3.63, 3.8) is 0 Å². The van der Waals surface area contributed by atoms with Gasteiger partial charge in [0.05, 0.1) is 6.10 Å². The van der Waals surface area contributed by atoms with Gasteiger partial charge in [0.25, 0.3) is 0 Å². The number of piperidine rings is 4. The van der Waals surface area contributed by atoms with Gasteiger partial charge in [-0.3, -0.25) is 31.7 Å². The fourth-order valence-electron chi connectivity index (χ4n) is 11.2. The molecule has 434 valence electrons. The maximum absolute atomic E-state index is 11.0. The number of nitrogens with one attached hydrogen (secondary N) is 3. The summed E-state index contributed by atoms with van der Waals surface area (Å²) in [6.45, 7) is 7.59. The van der Waals surface area contributed by atoms with E-state index in [1.165, 1.54) is 58.2 Å². The van der Waals surface area contributed by atoms with E-state index in [9.17, 15) is 9.90 Å². The summed E-state index contributed by atoms with van der Waals surface area (Å²) in [5.41, 5.74) is 6.10. The first-order chi connectivity index (χ1) is 33.2. The summed E-state index contributed by atoms with van der Waals surface area (Å²) in [5, 5.41) is 21.2. The fourth-order valence-corrected chi connectivity index (χ4v) is 11.2. The van der Waals surface area contributed by atoms with Crippen LogP contribution in [0, 0.1) is 29.6 Å². The van der Waals surface area contributed by atoms with Gasteiger partial charge in [0.1, 0.15) is 5.78 Å². The molecule has 0 radical (unpaired) electrons. The number of rotatable bonds is 6. The number of aliphatic hydroxyl groups is 1. The Morgan fingerprint density at radius 3 is 1.36 bits per heavy atom. The van der Waals surface area contributed by atoms with E-state index in [2.05, 4.69) is 317 Å². The van der Waals surface area contributed by atoms with Crippen molar-refractivity contribution in [2.24, 2.45) is 35.4 Å². The van der Waals surface area contributed by atoms with Gasteiger partial charge in [0.2, 0.25) is 0 Å². The molecule has 0 spiro atoms. The molecule has 12 nitrogen and oxygen atoms in total. The predicted octanol–water partition coefficient (Wildman–Crippen LogP) is 9.22. The number of hydrogen-bond acceptors (Lipinski definition) is 12. The van der Waals surface area contributed by atoms with Crippen molar-refractivity contribution in [1.82, 2.24) is 40.7 Å². The zero-order chi connectivity index (χ0) is 52.7. The van der Waals surface area contributed by atoms with Crippen LogP contribution in [0.25, 0.3) is 0 Å². The van der Waals surface area contributed by atoms with E-state index < -0.39 is 7.05 Å². The normalized spacial score (nSPS) is 33.6. The Hall–Kier alpha value is 10.9. The number of hydrogen-bond donors (Lipinski definition) is 6. The molecule has 11 aliphatic rings. The Morgan fingerprint density at radius 1 is 0.681 bits per heavy atom. The van der Waals surface area contributed by atoms with Gasteiger partial charge in [-0.25, -0.2) is 0 Å². The summed E-state index contributed by atoms with van der Waals surface area (Å²) in [4.78, 5) is 22.9. The van der Waals surface area contributed by atoms with Gasteiger partial charge in [0.15, 0.2) is 0 Å². The number of ketones is 1. The van der Waals surface area contributed by atoms with Crippen molar-refractivity contribution in [1.29, 1.82) is 0 Å². The number of fused-ring (bicyclic) bond motifs is 10. The molecule has 72 heavy (non-hydrogen) atoms. The summed E-state index contributed by atoms with van der Waals surface area (Å²) in [5.74, 6) is 9.37. The van der Waals surface area contributed by atoms with Crippen LogP contribution in [0.1, 0.15) is 71.6 Å². The van der Waals surface area contributed by atoms with E-state index in [1.54, 1.807) is 6.82 Å². The van der Waals surface area contributed by atoms with Crippen LogP contribution in [-0.2, 0) is 4.79 Å². The molecular formula is C42H79BI17N9O3-2. The number of halogens is 17. The Labute approximate surface area is 599 Å². The van der Waals surface area contributed by atoms with E-state index in [0.29, 0.717) is 68.3 Å². The standard InChI is InChI=1S/C8H18BN3O.C7H15N3.C7H13NO.C7H11NO.C7H11N.C5H6.CH4.I6.I5.I3.I2.HI/c1-9(13)11-10-8-4-7-3-6(8)5-12(7)2;1-10-4-5-2-6(10)3-7(5)9-8;2*1-8-4-5-2-6(8)3-7(5)9;1-8-5-6-2-3-7(8)4-6;1-2-4-5-3-1;;1-5(2)6(3)4;1-4-5(2)3;1-3-2;1-2;/h6-8,10-11,13H,3-5H2,1-2H3;5-7,9H,2-4,8H2,1H3;5-7,9H,2-4H2,1H3;5-6H,2-4H2,1H3;2-3,6-7H,4-5H2,1H3;1-4H,5H2;1H4;;;;;1H/q;;;;;;;;2*-1;;. The minimum atomic E-state index is -0.461. The SMILES string of the molecule is C.C1=CCC=C1.CB(O)NNC1CC2CC1CN2C.CN1CC2C=CC1C2.CN1CC2CC1CC2=O.CN1CC2CC1CC2NN.CN1CC2CC1CC2O.I.II.II(I)I(I)I.I[I-]I.I[I-]I(I)I. The molecule has 13 unspecified atom stereocenters. The first kappa shape index (κ1) is 82.9. The molecule has 7 N–H and O–H groups in total. The summed E-state index contributed by atoms with van der Waals surface area (Å²) < 4.78 is 0. The van der Waals surface area contributed by atoms with E-state index in [1.807, 2.05) is 0 Å². The van der Waals surface area contributed by atoms with Gasteiger partial charge in [0, 0.05) is 125 Å². The van der Waals surface area contributed by atoms with Crippen LogP contribution in [0.4, 0.5) is 0 Å². The Bertz CT molecular complexity index is 1490. The third-order valence-corrected chi connectivity index (χ3v) is 263. The van der Waals surface area contributed by atoms with Crippen LogP contribution in [0.3, 0.4) is 0 Å². The number of allylic oxidation sites excluding steroid dienone is 4. The van der Waals surface area contributed by atoms with Gasteiger partial charge >= 0.3 is 225 Å². The Balaban J connectivity index is 0.000000800. The van der Waals surface area contributed by atoms with Gasteiger partial charge in [-0.2, -0.15) is 0 Å². The van der Waals surface area contributed by atoms with Gasteiger partial charge in [-0.05, 0) is 124 Å². The number of carbonyl (C=O) groups is 1. The van der Waals surface area contributed by atoms with Crippen molar-refractivity contribution in [3.05, 3.63) is 36.5 Å². The van der Waals surface area contributed by atoms with Crippen LogP contribution in [-0.4, -0.2) is 164 Å². The molecule has 6 aliphatic carbocycles. The van der Waals surface area contributed by atoms with E-state index >= 15 is 0 Å². The third kappa shape index (κ3) is 32.6. The second-order valence-corrected chi connectivity index (χ2v) is 198. The van der Waals surface area contributed by atoms with Crippen LogP contribution >= 0.6 is 252 Å². The quantitative estimate of drug-likeness (QED) is 0.0498. The van der Waals surface area contributed by atoms with E-state index in [4.69, 9.17) is 10.9 Å². The molecule has 30 heteroatoms. The third-order valence-electron chi connectivity index (χ3n) is 14.7. The maximum atomic E-state index is 11.0. The molecular weight excluding hydrogens is 2850 g/mol. The molecule has 13 atom stereocenters. The van der Waals surface area contributed by atoms with Crippen LogP contribution in [0.15, 0.2) is 36.5 Å². The zero-order valence-corrected chi connectivity index (χ0v) is 77.6. The molecule has 9 fully saturated rings. The molecule has 5 saturated heterocycles. The molecule has 0 aromatic carbocycles. The van der Waals surface area contributed by atoms with Crippen molar-refractivity contribution in [2.45, 2.75) is 127 Å². The average molecular weight is 2930 g/mol. The number of aliphatic hydroxyl groups excluding tert-OH is 1. The van der Waals surface area contributed by atoms with Crippen LogP contribution in [0.2, 0.25) is 6.82 Å². The number of nitrogens with zero attached hydrogens (tertiary/aromatic N) is 5. The van der Waals surface area contributed by atoms with E-state index in [-0.39, 0.29) is 61.2 Å². The predicted molar refractivity (Wildman–Crippen MR) is 438 cm³/mol. The number of likely N-dealkylation sites (tertiary alicyclic amines) is 5. The topological polar surface area (TPSA) is 136 Å². The van der Waals surface area contributed by atoms with Gasteiger partial charge in [-0.15, -0.1) is 24.0 Å². The first-order valence-electron chi connectivity index (χ1n) is 23.0. The number of carbonyl (C=O) groups excluding carboxylic acids is 1. The summed E-state index contributed by atoms with van der Waals surface area (Å²) in [6, 6.07) is 4.81. The Kier molecular flexibility index (Phi) is 55.1. The second kappa shape index (κ2) is 47.8.